The van der Waals surface area contributed by atoms with Gasteiger partial charge in [0.15, 0.2) is 0 Å². The van der Waals surface area contributed by atoms with Gasteiger partial charge in [-0.15, -0.1) is 0 Å². The third-order valence-corrected chi connectivity index (χ3v) is 1.84. The molecule has 0 aliphatic carbocycles. The first-order valence-electron chi connectivity index (χ1n) is 4.50. The molecule has 0 atom stereocenters. The van der Waals surface area contributed by atoms with Crippen molar-refractivity contribution in [1.29, 1.82) is 0 Å². The second-order valence-corrected chi connectivity index (χ2v) is 2.94. The molecule has 0 aliphatic heterocycles. The van der Waals surface area contributed by atoms with Crippen molar-refractivity contribution in [1.82, 2.24) is 5.32 Å². The van der Waals surface area contributed by atoms with Crippen LogP contribution in [-0.2, 0) is 11.3 Å². The molecule has 0 saturated carbocycles. The summed E-state index contributed by atoms with van der Waals surface area (Å²) in [6, 6.07) is 7.64. The molecule has 1 rings (SSSR count). The molecular formula is C10H15N3O. The van der Waals surface area contributed by atoms with E-state index in [1.54, 1.807) is 0 Å². The molecule has 0 unspecified atom stereocenters. The van der Waals surface area contributed by atoms with Gasteiger partial charge in [-0.05, 0) is 18.7 Å². The second kappa shape index (κ2) is 5.36. The number of carbonyl (C=O) groups excluding carboxylic acids is 1. The summed E-state index contributed by atoms with van der Waals surface area (Å²) in [4.78, 5) is 11.1. The molecule has 0 spiro atoms. The summed E-state index contributed by atoms with van der Waals surface area (Å²) in [6.45, 7) is 0.731. The minimum atomic E-state index is -0.173. The minimum Gasteiger partial charge on any atom is -0.325 e. The number of para-hydroxylation sites is 1. The second-order valence-electron chi connectivity index (χ2n) is 2.94. The van der Waals surface area contributed by atoms with Crippen molar-refractivity contribution in [3.05, 3.63) is 29.8 Å². The fourth-order valence-electron chi connectivity index (χ4n) is 1.19. The largest absolute Gasteiger partial charge is 0.325 e. The zero-order valence-corrected chi connectivity index (χ0v) is 8.21. The summed E-state index contributed by atoms with van der Waals surface area (Å²) in [5, 5.41) is 5.77. The highest BCUT2D eigenvalue weighted by atomic mass is 16.1. The maximum absolute atomic E-state index is 11.1. The van der Waals surface area contributed by atoms with E-state index in [-0.39, 0.29) is 12.5 Å². The lowest BCUT2D eigenvalue weighted by atomic mass is 10.2. The smallest absolute Gasteiger partial charge is 0.238 e. The van der Waals surface area contributed by atoms with E-state index in [1.807, 2.05) is 31.3 Å². The molecule has 4 heteroatoms. The highest BCUT2D eigenvalue weighted by Crippen LogP contribution is 2.14. The first-order valence-corrected chi connectivity index (χ1v) is 4.50. The summed E-state index contributed by atoms with van der Waals surface area (Å²) >= 11 is 0. The van der Waals surface area contributed by atoms with Gasteiger partial charge in [0.2, 0.25) is 5.91 Å². The Kier molecular flexibility index (Phi) is 4.10. The number of hydrogen-bond acceptors (Lipinski definition) is 3. The fraction of sp³-hybridized carbons (Fsp3) is 0.300. The zero-order valence-electron chi connectivity index (χ0n) is 8.21. The van der Waals surface area contributed by atoms with Crippen LogP contribution in [0.25, 0.3) is 0 Å². The van der Waals surface area contributed by atoms with E-state index in [0.29, 0.717) is 0 Å². The lowest BCUT2D eigenvalue weighted by molar-refractivity contribution is -0.114. The number of amides is 1. The molecule has 0 saturated heterocycles. The fourth-order valence-corrected chi connectivity index (χ4v) is 1.19. The molecule has 0 aliphatic rings. The van der Waals surface area contributed by atoms with E-state index in [1.165, 1.54) is 0 Å². The third-order valence-electron chi connectivity index (χ3n) is 1.84. The van der Waals surface area contributed by atoms with E-state index in [4.69, 9.17) is 5.73 Å². The van der Waals surface area contributed by atoms with Crippen LogP contribution in [0.2, 0.25) is 0 Å². The first kappa shape index (κ1) is 10.7. The Morgan fingerprint density at radius 1 is 1.43 bits per heavy atom. The first-order chi connectivity index (χ1) is 6.77. The molecule has 1 aromatic carbocycles. The van der Waals surface area contributed by atoms with Crippen LogP contribution in [0, 0.1) is 0 Å². The predicted octanol–water partition coefficient (Wildman–Crippen LogP) is 0.303. The molecule has 1 amide bonds. The van der Waals surface area contributed by atoms with Crippen molar-refractivity contribution in [2.45, 2.75) is 6.54 Å². The van der Waals surface area contributed by atoms with Gasteiger partial charge in [0.25, 0.3) is 0 Å². The van der Waals surface area contributed by atoms with Crippen LogP contribution in [0.15, 0.2) is 24.3 Å². The SMILES string of the molecule is CNCc1ccccc1NC(=O)CN. The molecule has 76 valence electrons. The van der Waals surface area contributed by atoms with E-state index in [2.05, 4.69) is 10.6 Å². The van der Waals surface area contributed by atoms with Gasteiger partial charge >= 0.3 is 0 Å². The lowest BCUT2D eigenvalue weighted by Crippen LogP contribution is -2.23. The van der Waals surface area contributed by atoms with Crippen LogP contribution in [0.4, 0.5) is 5.69 Å². The number of hydrogen-bond donors (Lipinski definition) is 3. The minimum absolute atomic E-state index is 0.00783. The lowest BCUT2D eigenvalue weighted by Gasteiger charge is -2.09. The molecule has 0 bridgehead atoms. The number of nitrogens with two attached hydrogens (primary N) is 1. The van der Waals surface area contributed by atoms with Gasteiger partial charge in [0.1, 0.15) is 0 Å². The average molecular weight is 193 g/mol. The van der Waals surface area contributed by atoms with Gasteiger partial charge in [-0.3, -0.25) is 4.79 Å². The topological polar surface area (TPSA) is 67.1 Å². The normalized spacial score (nSPS) is 9.86. The van der Waals surface area contributed by atoms with Crippen LogP contribution in [0.3, 0.4) is 0 Å². The molecule has 4 nitrogen and oxygen atoms in total. The van der Waals surface area contributed by atoms with E-state index in [0.717, 1.165) is 17.8 Å². The molecule has 1 aromatic rings. The number of nitrogens with one attached hydrogen (secondary N) is 2. The van der Waals surface area contributed by atoms with Crippen LogP contribution in [0.5, 0.6) is 0 Å². The zero-order chi connectivity index (χ0) is 10.4. The van der Waals surface area contributed by atoms with Crippen molar-refractivity contribution >= 4 is 11.6 Å². The maximum Gasteiger partial charge on any atom is 0.238 e. The Bertz CT molecular complexity index is 312. The monoisotopic (exact) mass is 193 g/mol. The van der Waals surface area contributed by atoms with E-state index >= 15 is 0 Å². The van der Waals surface area contributed by atoms with E-state index < -0.39 is 0 Å². The van der Waals surface area contributed by atoms with Crippen LogP contribution in [0.1, 0.15) is 5.56 Å². The third kappa shape index (κ3) is 2.83. The van der Waals surface area contributed by atoms with Crippen LogP contribution in [-0.4, -0.2) is 19.5 Å². The Labute approximate surface area is 83.5 Å². The Hall–Kier alpha value is -1.39. The molecule has 4 N–H and O–H groups in total. The Morgan fingerprint density at radius 2 is 2.14 bits per heavy atom. The van der Waals surface area contributed by atoms with Crippen molar-refractivity contribution in [3.8, 4) is 0 Å². The summed E-state index contributed by atoms with van der Waals surface area (Å²) in [5.74, 6) is -0.173. The highest BCUT2D eigenvalue weighted by Gasteiger charge is 2.03. The number of anilines is 1. The van der Waals surface area contributed by atoms with Gasteiger partial charge in [0, 0.05) is 12.2 Å². The molecule has 0 heterocycles. The highest BCUT2D eigenvalue weighted by molar-refractivity contribution is 5.92. The molecular weight excluding hydrogens is 178 g/mol. The molecule has 0 fully saturated rings. The van der Waals surface area contributed by atoms with E-state index in [9.17, 15) is 4.79 Å². The molecule has 14 heavy (non-hydrogen) atoms. The summed E-state index contributed by atoms with van der Waals surface area (Å²) in [6.07, 6.45) is 0. The quantitative estimate of drug-likeness (QED) is 0.644. The number of benzene rings is 1. The number of rotatable bonds is 4. The van der Waals surface area contributed by atoms with Gasteiger partial charge in [0.05, 0.1) is 6.54 Å². The van der Waals surface area contributed by atoms with Gasteiger partial charge < -0.3 is 16.4 Å². The van der Waals surface area contributed by atoms with Gasteiger partial charge in [-0.2, -0.15) is 0 Å². The molecule has 0 aromatic heterocycles. The average Bonchev–Trinajstić information content (AvgIpc) is 2.21. The van der Waals surface area contributed by atoms with Gasteiger partial charge in [-0.1, -0.05) is 18.2 Å². The standard InChI is InChI=1S/C10H15N3O/c1-12-7-8-4-2-3-5-9(8)13-10(14)6-11/h2-5,12H,6-7,11H2,1H3,(H,13,14). The van der Waals surface area contributed by atoms with Crippen LogP contribution < -0.4 is 16.4 Å². The summed E-state index contributed by atoms with van der Waals surface area (Å²) in [7, 11) is 1.86. The van der Waals surface area contributed by atoms with Crippen molar-refractivity contribution in [2.75, 3.05) is 18.9 Å². The number of carbonyl (C=O) groups is 1. The van der Waals surface area contributed by atoms with Crippen molar-refractivity contribution in [2.24, 2.45) is 5.73 Å². The maximum atomic E-state index is 11.1. The Morgan fingerprint density at radius 3 is 2.79 bits per heavy atom. The predicted molar refractivity (Wildman–Crippen MR) is 56.9 cm³/mol. The summed E-state index contributed by atoms with van der Waals surface area (Å²) < 4.78 is 0. The van der Waals surface area contributed by atoms with Crippen molar-refractivity contribution in [3.63, 3.8) is 0 Å². The summed E-state index contributed by atoms with van der Waals surface area (Å²) in [5.41, 5.74) is 7.09. The van der Waals surface area contributed by atoms with Crippen LogP contribution >= 0.6 is 0 Å². The molecule has 0 radical (unpaired) electrons. The van der Waals surface area contributed by atoms with Gasteiger partial charge in [-0.25, -0.2) is 0 Å². The Balaban J connectivity index is 2.78. The van der Waals surface area contributed by atoms with Crippen molar-refractivity contribution < 1.29 is 4.79 Å².